The van der Waals surface area contributed by atoms with E-state index in [0.717, 1.165) is 0 Å². The molecule has 7 nitrogen and oxygen atoms in total. The van der Waals surface area contributed by atoms with Crippen LogP contribution in [0.2, 0.25) is 0 Å². The molecule has 0 spiro atoms. The predicted octanol–water partition coefficient (Wildman–Crippen LogP) is -0.157. The number of hydrogen-bond donors (Lipinski definition) is 3. The molecule has 0 aliphatic carbocycles. The Labute approximate surface area is 137 Å². The lowest BCUT2D eigenvalue weighted by atomic mass is 10.4. The third-order valence-electron chi connectivity index (χ3n) is 2.62. The number of rotatable bonds is 10. The summed E-state index contributed by atoms with van der Waals surface area (Å²) in [6.07, 6.45) is 1.39. The Hall–Kier alpha value is -1.29. The van der Waals surface area contributed by atoms with Gasteiger partial charge in [0.2, 0.25) is 0 Å². The summed E-state index contributed by atoms with van der Waals surface area (Å²) in [5.74, 6) is 0. The van der Waals surface area contributed by atoms with Crippen molar-refractivity contribution in [1.29, 1.82) is 0 Å². The molecule has 0 radical (unpaired) electrons. The Balaban J connectivity index is 0.000000438. The van der Waals surface area contributed by atoms with Gasteiger partial charge in [-0.2, -0.15) is 8.42 Å². The van der Waals surface area contributed by atoms with Gasteiger partial charge < -0.3 is 15.3 Å². The first-order valence-corrected chi connectivity index (χ1v) is 8.53. The van der Waals surface area contributed by atoms with Crippen LogP contribution in [-0.4, -0.2) is 74.7 Å². The Morgan fingerprint density at radius 3 is 1.87 bits per heavy atom. The van der Waals surface area contributed by atoms with Crippen LogP contribution in [0.1, 0.15) is 0 Å². The van der Waals surface area contributed by atoms with Gasteiger partial charge in [-0.25, -0.2) is 0 Å². The average molecular weight is 347 g/mol. The standard InChI is InChI=1S/C9H10O3S.C6H15NO3/c1-2-8-12-13(10,11)9-6-4-3-5-7-9;8-4-1-7(2-5-9)3-6-10/h2-7H,1,8H2;8-10H,1-6H2. The number of benzene rings is 1. The van der Waals surface area contributed by atoms with E-state index in [9.17, 15) is 8.42 Å². The van der Waals surface area contributed by atoms with Gasteiger partial charge in [0.15, 0.2) is 0 Å². The van der Waals surface area contributed by atoms with Crippen LogP contribution in [0.4, 0.5) is 0 Å². The van der Waals surface area contributed by atoms with E-state index in [1.807, 2.05) is 0 Å². The van der Waals surface area contributed by atoms with Gasteiger partial charge in [-0.1, -0.05) is 24.3 Å². The molecule has 1 aromatic carbocycles. The van der Waals surface area contributed by atoms with Gasteiger partial charge in [0.25, 0.3) is 10.1 Å². The monoisotopic (exact) mass is 347 g/mol. The molecule has 0 fully saturated rings. The van der Waals surface area contributed by atoms with E-state index in [0.29, 0.717) is 19.6 Å². The fourth-order valence-corrected chi connectivity index (χ4v) is 2.45. The van der Waals surface area contributed by atoms with Crippen molar-refractivity contribution < 1.29 is 27.9 Å². The lowest BCUT2D eigenvalue weighted by Crippen LogP contribution is -2.32. The molecular formula is C15H25NO6S. The lowest BCUT2D eigenvalue weighted by Gasteiger charge is -2.17. The predicted molar refractivity (Wildman–Crippen MR) is 87.5 cm³/mol. The molecule has 0 saturated heterocycles. The van der Waals surface area contributed by atoms with Crippen LogP contribution < -0.4 is 0 Å². The topological polar surface area (TPSA) is 107 Å². The molecule has 0 heterocycles. The van der Waals surface area contributed by atoms with Crippen molar-refractivity contribution in [2.45, 2.75) is 4.90 Å². The van der Waals surface area contributed by atoms with E-state index in [1.165, 1.54) is 18.2 Å². The van der Waals surface area contributed by atoms with Crippen molar-refractivity contribution in [3.05, 3.63) is 43.0 Å². The third-order valence-corrected chi connectivity index (χ3v) is 3.92. The van der Waals surface area contributed by atoms with Crippen LogP contribution in [0.5, 0.6) is 0 Å². The summed E-state index contributed by atoms with van der Waals surface area (Å²) in [4.78, 5) is 1.96. The first-order valence-electron chi connectivity index (χ1n) is 7.12. The quantitative estimate of drug-likeness (QED) is 0.399. The van der Waals surface area contributed by atoms with Crippen LogP contribution in [0.15, 0.2) is 47.9 Å². The molecule has 0 atom stereocenters. The second kappa shape index (κ2) is 13.2. The minimum absolute atomic E-state index is 0.00275. The first-order chi connectivity index (χ1) is 11.0. The van der Waals surface area contributed by atoms with Crippen LogP contribution in [0.3, 0.4) is 0 Å². The maximum absolute atomic E-state index is 11.3. The summed E-state index contributed by atoms with van der Waals surface area (Å²) in [6, 6.07) is 8.00. The molecule has 1 aromatic rings. The van der Waals surface area contributed by atoms with Crippen molar-refractivity contribution >= 4 is 10.1 Å². The zero-order valence-electron chi connectivity index (χ0n) is 13.0. The molecule has 0 bridgehead atoms. The highest BCUT2D eigenvalue weighted by atomic mass is 32.2. The Kier molecular flexibility index (Phi) is 12.4. The summed E-state index contributed by atoms with van der Waals surface area (Å²) in [5.41, 5.74) is 0. The minimum atomic E-state index is -3.59. The summed E-state index contributed by atoms with van der Waals surface area (Å²) >= 11 is 0. The van der Waals surface area contributed by atoms with Gasteiger partial charge in [0.05, 0.1) is 31.3 Å². The van der Waals surface area contributed by atoms with Crippen LogP contribution in [0.25, 0.3) is 0 Å². The fourth-order valence-electron chi connectivity index (χ4n) is 1.55. The van der Waals surface area contributed by atoms with Gasteiger partial charge in [-0.15, -0.1) is 6.58 Å². The molecule has 1 rings (SSSR count). The second-order valence-corrected chi connectivity index (χ2v) is 5.97. The Morgan fingerprint density at radius 1 is 1.00 bits per heavy atom. The minimum Gasteiger partial charge on any atom is -0.395 e. The maximum atomic E-state index is 11.3. The molecule has 0 saturated carbocycles. The summed E-state index contributed by atoms with van der Waals surface area (Å²) in [5, 5.41) is 25.5. The number of nitrogens with zero attached hydrogens (tertiary/aromatic N) is 1. The normalized spacial score (nSPS) is 11.0. The molecule has 0 aliphatic heterocycles. The molecule has 132 valence electrons. The first kappa shape index (κ1) is 21.7. The zero-order chi connectivity index (χ0) is 17.6. The van der Waals surface area contributed by atoms with E-state index in [-0.39, 0.29) is 31.3 Å². The number of aliphatic hydroxyl groups excluding tert-OH is 3. The molecule has 8 heteroatoms. The maximum Gasteiger partial charge on any atom is 0.297 e. The lowest BCUT2D eigenvalue weighted by molar-refractivity contribution is 0.136. The molecule has 0 aromatic heterocycles. The molecular weight excluding hydrogens is 322 g/mol. The van der Waals surface area contributed by atoms with Crippen LogP contribution in [0, 0.1) is 0 Å². The highest BCUT2D eigenvalue weighted by Gasteiger charge is 2.12. The Bertz CT molecular complexity index is 492. The van der Waals surface area contributed by atoms with Crippen molar-refractivity contribution in [2.75, 3.05) is 46.1 Å². The van der Waals surface area contributed by atoms with Gasteiger partial charge in [0, 0.05) is 19.6 Å². The second-order valence-electron chi connectivity index (χ2n) is 4.35. The zero-order valence-corrected chi connectivity index (χ0v) is 13.9. The molecule has 0 unspecified atom stereocenters. The smallest absolute Gasteiger partial charge is 0.297 e. The van der Waals surface area contributed by atoms with Crippen molar-refractivity contribution in [1.82, 2.24) is 4.90 Å². The summed E-state index contributed by atoms with van der Waals surface area (Å²) in [6.45, 7) is 5.12. The van der Waals surface area contributed by atoms with Gasteiger partial charge in [-0.3, -0.25) is 9.08 Å². The van der Waals surface area contributed by atoms with E-state index in [2.05, 4.69) is 10.8 Å². The van der Waals surface area contributed by atoms with E-state index < -0.39 is 10.1 Å². The number of aliphatic hydroxyl groups is 3. The summed E-state index contributed by atoms with van der Waals surface area (Å²) < 4.78 is 27.3. The highest BCUT2D eigenvalue weighted by molar-refractivity contribution is 7.86. The van der Waals surface area contributed by atoms with Gasteiger partial charge in [0.1, 0.15) is 0 Å². The van der Waals surface area contributed by atoms with E-state index >= 15 is 0 Å². The SMILES string of the molecule is C=CCOS(=O)(=O)c1ccccc1.OCCN(CCO)CCO. The highest BCUT2D eigenvalue weighted by Crippen LogP contribution is 2.10. The number of hydrogen-bond acceptors (Lipinski definition) is 7. The van der Waals surface area contributed by atoms with Crippen molar-refractivity contribution in [2.24, 2.45) is 0 Å². The van der Waals surface area contributed by atoms with Crippen molar-refractivity contribution in [3.8, 4) is 0 Å². The van der Waals surface area contributed by atoms with Crippen LogP contribution in [-0.2, 0) is 14.3 Å². The van der Waals surface area contributed by atoms with Crippen molar-refractivity contribution in [3.63, 3.8) is 0 Å². The van der Waals surface area contributed by atoms with Gasteiger partial charge >= 0.3 is 0 Å². The molecule has 0 amide bonds. The average Bonchev–Trinajstić information content (AvgIpc) is 2.55. The molecule has 3 N–H and O–H groups in total. The Morgan fingerprint density at radius 2 is 1.48 bits per heavy atom. The molecule has 23 heavy (non-hydrogen) atoms. The molecule has 0 aliphatic rings. The third kappa shape index (κ3) is 10.2. The fraction of sp³-hybridized carbons (Fsp3) is 0.467. The summed E-state index contributed by atoms with van der Waals surface area (Å²) in [7, 11) is -3.59. The largest absolute Gasteiger partial charge is 0.395 e. The van der Waals surface area contributed by atoms with E-state index in [1.54, 1.807) is 23.1 Å². The van der Waals surface area contributed by atoms with Crippen LogP contribution >= 0.6 is 0 Å². The van der Waals surface area contributed by atoms with Gasteiger partial charge in [-0.05, 0) is 12.1 Å². The van der Waals surface area contributed by atoms with E-state index in [4.69, 9.17) is 15.3 Å².